The van der Waals surface area contributed by atoms with Crippen molar-refractivity contribution in [3.8, 4) is 10.8 Å². The Kier molecular flexibility index (Phi) is 4.90. The minimum absolute atomic E-state index is 0.147. The summed E-state index contributed by atoms with van der Waals surface area (Å²) in [5, 5.41) is 3.69. The first-order valence-electron chi connectivity index (χ1n) is 7.33. The first-order chi connectivity index (χ1) is 11.6. The zero-order valence-electron chi connectivity index (χ0n) is 12.9. The molecule has 0 saturated carbocycles. The SMILES string of the molecule is Cc1ccc(CCC(=O)Nc2ncc(Oc3ccc(F)cc3)s2)o1. The standard InChI is InChI=1S/C17H15FN2O3S/c1-11-2-5-13(22-11)8-9-15(21)20-17-19-10-16(24-17)23-14-6-3-12(18)4-7-14/h2-7,10H,8-9H2,1H3,(H,19,20,21). The van der Waals surface area contributed by atoms with Crippen molar-refractivity contribution in [3.05, 3.63) is 59.9 Å². The van der Waals surface area contributed by atoms with Gasteiger partial charge in [-0.15, -0.1) is 0 Å². The van der Waals surface area contributed by atoms with Gasteiger partial charge in [0.05, 0.1) is 6.20 Å². The Morgan fingerprint density at radius 3 is 2.79 bits per heavy atom. The predicted octanol–water partition coefficient (Wildman–Crippen LogP) is 4.55. The molecule has 124 valence electrons. The van der Waals surface area contributed by atoms with Crippen LogP contribution in [0.5, 0.6) is 10.8 Å². The average molecular weight is 346 g/mol. The fourth-order valence-electron chi connectivity index (χ4n) is 2.02. The van der Waals surface area contributed by atoms with Crippen LogP contribution in [0, 0.1) is 12.7 Å². The summed E-state index contributed by atoms with van der Waals surface area (Å²) in [4.78, 5) is 16.0. The van der Waals surface area contributed by atoms with E-state index in [0.717, 1.165) is 11.5 Å². The van der Waals surface area contributed by atoms with Crippen molar-refractivity contribution in [2.75, 3.05) is 5.32 Å². The molecule has 0 aliphatic heterocycles. The van der Waals surface area contributed by atoms with Crippen molar-refractivity contribution in [2.24, 2.45) is 0 Å². The number of carbonyl (C=O) groups is 1. The normalized spacial score (nSPS) is 10.6. The molecule has 0 aliphatic carbocycles. The molecule has 0 saturated heterocycles. The molecule has 5 nitrogen and oxygen atoms in total. The topological polar surface area (TPSA) is 64.4 Å². The number of rotatable bonds is 6. The Morgan fingerprint density at radius 1 is 1.29 bits per heavy atom. The van der Waals surface area contributed by atoms with Crippen LogP contribution in [0.2, 0.25) is 0 Å². The number of thiazole rings is 1. The van der Waals surface area contributed by atoms with E-state index in [0.29, 0.717) is 28.8 Å². The second-order valence-electron chi connectivity index (χ2n) is 5.10. The molecular weight excluding hydrogens is 331 g/mol. The third kappa shape index (κ3) is 4.42. The van der Waals surface area contributed by atoms with Crippen molar-refractivity contribution in [2.45, 2.75) is 19.8 Å². The number of hydrogen-bond donors (Lipinski definition) is 1. The van der Waals surface area contributed by atoms with Crippen molar-refractivity contribution in [3.63, 3.8) is 0 Å². The number of nitrogens with one attached hydrogen (secondary N) is 1. The average Bonchev–Trinajstić information content (AvgIpc) is 3.17. The Hall–Kier alpha value is -2.67. The van der Waals surface area contributed by atoms with Crippen LogP contribution >= 0.6 is 11.3 Å². The van der Waals surface area contributed by atoms with Crippen LogP contribution in [0.4, 0.5) is 9.52 Å². The van der Waals surface area contributed by atoms with Gasteiger partial charge >= 0.3 is 0 Å². The van der Waals surface area contributed by atoms with E-state index < -0.39 is 0 Å². The maximum atomic E-state index is 12.9. The molecular formula is C17H15FN2O3S. The van der Waals surface area contributed by atoms with Gasteiger partial charge < -0.3 is 14.5 Å². The van der Waals surface area contributed by atoms with Crippen molar-refractivity contribution < 1.29 is 18.3 Å². The third-order valence-electron chi connectivity index (χ3n) is 3.16. The molecule has 1 aromatic carbocycles. The fourth-order valence-corrected chi connectivity index (χ4v) is 2.73. The van der Waals surface area contributed by atoms with Gasteiger partial charge in [-0.25, -0.2) is 9.37 Å². The highest BCUT2D eigenvalue weighted by atomic mass is 32.1. The highest BCUT2D eigenvalue weighted by Gasteiger charge is 2.09. The van der Waals surface area contributed by atoms with E-state index in [4.69, 9.17) is 9.15 Å². The van der Waals surface area contributed by atoms with E-state index in [1.165, 1.54) is 41.8 Å². The molecule has 24 heavy (non-hydrogen) atoms. The second kappa shape index (κ2) is 7.27. The lowest BCUT2D eigenvalue weighted by Crippen LogP contribution is -2.11. The predicted molar refractivity (Wildman–Crippen MR) is 89.0 cm³/mol. The van der Waals surface area contributed by atoms with Gasteiger partial charge in [-0.3, -0.25) is 4.79 Å². The van der Waals surface area contributed by atoms with Crippen LogP contribution in [0.15, 0.2) is 47.0 Å². The smallest absolute Gasteiger partial charge is 0.226 e. The molecule has 3 rings (SSSR count). The van der Waals surface area contributed by atoms with Gasteiger partial charge in [0.25, 0.3) is 0 Å². The Morgan fingerprint density at radius 2 is 2.08 bits per heavy atom. The highest BCUT2D eigenvalue weighted by Crippen LogP contribution is 2.30. The minimum Gasteiger partial charge on any atom is -0.466 e. The van der Waals surface area contributed by atoms with Gasteiger partial charge in [0.1, 0.15) is 23.1 Å². The number of furan rings is 1. The molecule has 0 aliphatic rings. The molecule has 1 N–H and O–H groups in total. The zero-order chi connectivity index (χ0) is 16.9. The van der Waals surface area contributed by atoms with Crippen LogP contribution in [0.25, 0.3) is 0 Å². The number of benzene rings is 1. The lowest BCUT2D eigenvalue weighted by Gasteiger charge is -2.01. The van der Waals surface area contributed by atoms with Crippen molar-refractivity contribution >= 4 is 22.4 Å². The van der Waals surface area contributed by atoms with Gasteiger partial charge in [0.2, 0.25) is 11.0 Å². The van der Waals surface area contributed by atoms with Crippen LogP contribution < -0.4 is 10.1 Å². The first-order valence-corrected chi connectivity index (χ1v) is 8.14. The molecule has 0 radical (unpaired) electrons. The summed E-state index contributed by atoms with van der Waals surface area (Å²) in [5.41, 5.74) is 0. The minimum atomic E-state index is -0.327. The van der Waals surface area contributed by atoms with Gasteiger partial charge in [0.15, 0.2) is 5.13 Å². The maximum absolute atomic E-state index is 12.9. The van der Waals surface area contributed by atoms with E-state index in [9.17, 15) is 9.18 Å². The summed E-state index contributed by atoms with van der Waals surface area (Å²) >= 11 is 1.20. The maximum Gasteiger partial charge on any atom is 0.226 e. The molecule has 0 atom stereocenters. The molecule has 0 fully saturated rings. The molecule has 0 unspecified atom stereocenters. The molecule has 0 bridgehead atoms. The summed E-state index contributed by atoms with van der Waals surface area (Å²) in [6.45, 7) is 1.86. The summed E-state index contributed by atoms with van der Waals surface area (Å²) in [7, 11) is 0. The second-order valence-corrected chi connectivity index (χ2v) is 6.09. The Balaban J connectivity index is 1.51. The number of anilines is 1. The first kappa shape index (κ1) is 16.2. The lowest BCUT2D eigenvalue weighted by atomic mass is 10.2. The van der Waals surface area contributed by atoms with Gasteiger partial charge in [-0.05, 0) is 43.3 Å². The number of nitrogens with zero attached hydrogens (tertiary/aromatic N) is 1. The summed E-state index contributed by atoms with van der Waals surface area (Å²) in [6, 6.07) is 9.41. The number of hydrogen-bond acceptors (Lipinski definition) is 5. The van der Waals surface area contributed by atoms with Gasteiger partial charge in [-0.1, -0.05) is 11.3 Å². The molecule has 7 heteroatoms. The number of aromatic nitrogens is 1. The molecule has 2 heterocycles. The number of carbonyl (C=O) groups excluding carboxylic acids is 1. The molecule has 0 spiro atoms. The van der Waals surface area contributed by atoms with Crippen molar-refractivity contribution in [1.82, 2.24) is 4.98 Å². The summed E-state index contributed by atoms with van der Waals surface area (Å²) < 4.78 is 23.8. The number of amides is 1. The van der Waals surface area contributed by atoms with Crippen LogP contribution in [-0.4, -0.2) is 10.9 Å². The van der Waals surface area contributed by atoms with Crippen molar-refractivity contribution in [1.29, 1.82) is 0 Å². The van der Waals surface area contributed by atoms with E-state index in [2.05, 4.69) is 10.3 Å². The number of aryl methyl sites for hydroxylation is 2. The molecule has 2 aromatic heterocycles. The van der Waals surface area contributed by atoms with Crippen LogP contribution in [0.3, 0.4) is 0 Å². The summed E-state index contributed by atoms with van der Waals surface area (Å²) in [6.07, 6.45) is 2.35. The Bertz CT molecular complexity index is 826. The molecule has 3 aromatic rings. The third-order valence-corrected chi connectivity index (χ3v) is 3.95. The Labute approximate surface area is 142 Å². The van der Waals surface area contributed by atoms with Gasteiger partial charge in [-0.2, -0.15) is 0 Å². The van der Waals surface area contributed by atoms with Crippen LogP contribution in [-0.2, 0) is 11.2 Å². The number of halogens is 1. The quantitative estimate of drug-likeness (QED) is 0.711. The van der Waals surface area contributed by atoms with E-state index in [1.807, 2.05) is 19.1 Å². The fraction of sp³-hybridized carbons (Fsp3) is 0.176. The monoisotopic (exact) mass is 346 g/mol. The van der Waals surface area contributed by atoms with Gasteiger partial charge in [0, 0.05) is 12.8 Å². The highest BCUT2D eigenvalue weighted by molar-refractivity contribution is 7.17. The zero-order valence-corrected chi connectivity index (χ0v) is 13.7. The lowest BCUT2D eigenvalue weighted by molar-refractivity contribution is -0.116. The number of ether oxygens (including phenoxy) is 1. The van der Waals surface area contributed by atoms with Crippen LogP contribution in [0.1, 0.15) is 17.9 Å². The largest absolute Gasteiger partial charge is 0.466 e. The van der Waals surface area contributed by atoms with E-state index in [1.54, 1.807) is 0 Å². The molecule has 1 amide bonds. The van der Waals surface area contributed by atoms with E-state index >= 15 is 0 Å². The summed E-state index contributed by atoms with van der Waals surface area (Å²) in [5.74, 6) is 1.64. The van der Waals surface area contributed by atoms with E-state index in [-0.39, 0.29) is 11.7 Å².